The first kappa shape index (κ1) is 22.7. The van der Waals surface area contributed by atoms with E-state index in [1.807, 2.05) is 4.90 Å². The third kappa shape index (κ3) is 5.39. The zero-order chi connectivity index (χ0) is 21.7. The third-order valence-electron chi connectivity index (χ3n) is 5.87. The average Bonchev–Trinajstić information content (AvgIpc) is 2.99. The van der Waals surface area contributed by atoms with E-state index < -0.39 is 10.0 Å². The van der Waals surface area contributed by atoms with E-state index in [-0.39, 0.29) is 29.2 Å². The van der Waals surface area contributed by atoms with Gasteiger partial charge in [-0.1, -0.05) is 18.2 Å². The monoisotopic (exact) mass is 436 g/mol. The Morgan fingerprint density at radius 1 is 1.00 bits per heavy atom. The molecular formula is C21H32N4O4S. The van der Waals surface area contributed by atoms with Crippen LogP contribution in [0.2, 0.25) is 0 Å². The van der Waals surface area contributed by atoms with Crippen LogP contribution in [-0.2, 0) is 19.6 Å². The number of nitrogens with zero attached hydrogens (tertiary/aromatic N) is 4. The number of amides is 2. The standard InChI is InChI=1S/C21H32N4O4S/c1-22(2)20(26)17-23-11-7-12-24(15-14-23)21(27)18-8-6-13-25(16-18)30(28,29)19-9-4-3-5-10-19/h3-5,9-10,18H,6-8,11-17H2,1-2H3. The lowest BCUT2D eigenvalue weighted by molar-refractivity contribution is -0.136. The zero-order valence-electron chi connectivity index (χ0n) is 17.9. The lowest BCUT2D eigenvalue weighted by Crippen LogP contribution is -2.47. The van der Waals surface area contributed by atoms with Crippen molar-refractivity contribution >= 4 is 21.8 Å². The molecule has 2 aliphatic heterocycles. The maximum absolute atomic E-state index is 13.2. The third-order valence-corrected chi connectivity index (χ3v) is 7.75. The smallest absolute Gasteiger partial charge is 0.243 e. The first-order valence-corrected chi connectivity index (χ1v) is 12.0. The Kier molecular flexibility index (Phi) is 7.49. The second kappa shape index (κ2) is 9.89. The highest BCUT2D eigenvalue weighted by Crippen LogP contribution is 2.25. The number of carbonyl (C=O) groups excluding carboxylic acids is 2. The van der Waals surface area contributed by atoms with Crippen molar-refractivity contribution in [2.75, 3.05) is 59.9 Å². The van der Waals surface area contributed by atoms with Gasteiger partial charge in [0.05, 0.1) is 17.4 Å². The molecule has 0 radical (unpaired) electrons. The van der Waals surface area contributed by atoms with Crippen LogP contribution in [-0.4, -0.2) is 99.1 Å². The molecule has 1 aromatic carbocycles. The van der Waals surface area contributed by atoms with E-state index in [4.69, 9.17) is 0 Å². The highest BCUT2D eigenvalue weighted by molar-refractivity contribution is 7.89. The van der Waals surface area contributed by atoms with Gasteiger partial charge >= 0.3 is 0 Å². The molecule has 2 fully saturated rings. The van der Waals surface area contributed by atoms with Crippen LogP contribution in [0.4, 0.5) is 0 Å². The number of piperidine rings is 1. The molecule has 0 spiro atoms. The molecule has 2 heterocycles. The van der Waals surface area contributed by atoms with E-state index in [9.17, 15) is 18.0 Å². The van der Waals surface area contributed by atoms with Gasteiger partial charge in [0.2, 0.25) is 21.8 Å². The van der Waals surface area contributed by atoms with Gasteiger partial charge in [-0.2, -0.15) is 4.31 Å². The number of likely N-dealkylation sites (N-methyl/N-ethyl adjacent to an activating group) is 1. The van der Waals surface area contributed by atoms with Crippen molar-refractivity contribution in [2.24, 2.45) is 5.92 Å². The quantitative estimate of drug-likeness (QED) is 0.679. The first-order valence-electron chi connectivity index (χ1n) is 10.6. The minimum atomic E-state index is -3.58. The molecule has 30 heavy (non-hydrogen) atoms. The molecule has 1 aromatic rings. The van der Waals surface area contributed by atoms with Gasteiger partial charge in [-0.05, 0) is 31.4 Å². The zero-order valence-corrected chi connectivity index (χ0v) is 18.7. The fourth-order valence-corrected chi connectivity index (χ4v) is 5.59. The molecule has 8 nitrogen and oxygen atoms in total. The van der Waals surface area contributed by atoms with E-state index in [1.54, 1.807) is 49.3 Å². The Labute approximate surface area is 179 Å². The van der Waals surface area contributed by atoms with Crippen LogP contribution in [0, 0.1) is 5.92 Å². The van der Waals surface area contributed by atoms with Crippen LogP contribution in [0.15, 0.2) is 35.2 Å². The van der Waals surface area contributed by atoms with E-state index in [1.165, 1.54) is 4.31 Å². The Morgan fingerprint density at radius 3 is 2.43 bits per heavy atom. The predicted molar refractivity (Wildman–Crippen MR) is 114 cm³/mol. The van der Waals surface area contributed by atoms with Crippen LogP contribution in [0.25, 0.3) is 0 Å². The molecule has 2 aliphatic rings. The van der Waals surface area contributed by atoms with Crippen molar-refractivity contribution in [3.8, 4) is 0 Å². The second-order valence-electron chi connectivity index (χ2n) is 8.26. The normalized spacial score (nSPS) is 21.8. The summed E-state index contributed by atoms with van der Waals surface area (Å²) in [6.07, 6.45) is 2.20. The minimum absolute atomic E-state index is 0.0312. The summed E-state index contributed by atoms with van der Waals surface area (Å²) in [4.78, 5) is 30.9. The Bertz CT molecular complexity index is 844. The summed E-state index contributed by atoms with van der Waals surface area (Å²) in [6.45, 7) is 3.69. The van der Waals surface area contributed by atoms with Crippen molar-refractivity contribution in [3.05, 3.63) is 30.3 Å². The molecule has 2 saturated heterocycles. The number of carbonyl (C=O) groups is 2. The number of sulfonamides is 1. The van der Waals surface area contributed by atoms with Gasteiger partial charge in [-0.3, -0.25) is 14.5 Å². The molecule has 0 saturated carbocycles. The number of hydrogen-bond donors (Lipinski definition) is 0. The Balaban J connectivity index is 1.61. The average molecular weight is 437 g/mol. The highest BCUT2D eigenvalue weighted by Gasteiger charge is 2.35. The molecule has 2 amide bonds. The van der Waals surface area contributed by atoms with Gasteiger partial charge in [0.25, 0.3) is 0 Å². The van der Waals surface area contributed by atoms with Gasteiger partial charge in [-0.25, -0.2) is 8.42 Å². The highest BCUT2D eigenvalue weighted by atomic mass is 32.2. The van der Waals surface area contributed by atoms with Crippen molar-refractivity contribution in [1.29, 1.82) is 0 Å². The first-order chi connectivity index (χ1) is 14.3. The van der Waals surface area contributed by atoms with Crippen LogP contribution >= 0.6 is 0 Å². The van der Waals surface area contributed by atoms with Crippen LogP contribution in [0.5, 0.6) is 0 Å². The summed E-state index contributed by atoms with van der Waals surface area (Å²) in [6, 6.07) is 8.40. The molecule has 166 valence electrons. The maximum atomic E-state index is 13.2. The summed E-state index contributed by atoms with van der Waals surface area (Å²) in [5.74, 6) is -0.222. The minimum Gasteiger partial charge on any atom is -0.348 e. The van der Waals surface area contributed by atoms with Gasteiger partial charge in [0.1, 0.15) is 0 Å². The molecule has 1 atom stereocenters. The second-order valence-corrected chi connectivity index (χ2v) is 10.2. The van der Waals surface area contributed by atoms with Crippen molar-refractivity contribution < 1.29 is 18.0 Å². The fraction of sp³-hybridized carbons (Fsp3) is 0.619. The molecule has 9 heteroatoms. The molecule has 3 rings (SSSR count). The predicted octanol–water partition coefficient (Wildman–Crippen LogP) is 0.710. The summed E-state index contributed by atoms with van der Waals surface area (Å²) >= 11 is 0. The SMILES string of the molecule is CN(C)C(=O)CN1CCCN(C(=O)C2CCCN(S(=O)(=O)c3ccccc3)C2)CC1. The lowest BCUT2D eigenvalue weighted by atomic mass is 9.98. The number of hydrogen-bond acceptors (Lipinski definition) is 5. The summed E-state index contributed by atoms with van der Waals surface area (Å²) < 4.78 is 27.3. The Hall–Kier alpha value is -1.97. The number of benzene rings is 1. The maximum Gasteiger partial charge on any atom is 0.243 e. The molecule has 0 aromatic heterocycles. The molecule has 0 bridgehead atoms. The summed E-state index contributed by atoms with van der Waals surface area (Å²) in [7, 11) is -0.0959. The fourth-order valence-electron chi connectivity index (χ4n) is 4.04. The van der Waals surface area contributed by atoms with Gasteiger partial charge < -0.3 is 9.80 Å². The molecule has 1 unspecified atom stereocenters. The van der Waals surface area contributed by atoms with Gasteiger partial charge in [0.15, 0.2) is 0 Å². The van der Waals surface area contributed by atoms with Gasteiger partial charge in [0, 0.05) is 53.4 Å². The van der Waals surface area contributed by atoms with E-state index >= 15 is 0 Å². The van der Waals surface area contributed by atoms with Crippen LogP contribution < -0.4 is 0 Å². The van der Waals surface area contributed by atoms with E-state index in [2.05, 4.69) is 4.90 Å². The van der Waals surface area contributed by atoms with Crippen LogP contribution in [0.1, 0.15) is 19.3 Å². The van der Waals surface area contributed by atoms with Gasteiger partial charge in [-0.15, -0.1) is 0 Å². The topological polar surface area (TPSA) is 81.2 Å². The number of rotatable bonds is 5. The largest absolute Gasteiger partial charge is 0.348 e. The lowest BCUT2D eigenvalue weighted by Gasteiger charge is -2.34. The van der Waals surface area contributed by atoms with Crippen molar-refractivity contribution in [3.63, 3.8) is 0 Å². The van der Waals surface area contributed by atoms with Crippen molar-refractivity contribution in [2.45, 2.75) is 24.2 Å². The van der Waals surface area contributed by atoms with E-state index in [0.717, 1.165) is 13.0 Å². The molecule has 0 aliphatic carbocycles. The van der Waals surface area contributed by atoms with Crippen molar-refractivity contribution in [1.82, 2.24) is 19.0 Å². The molecule has 0 N–H and O–H groups in total. The summed E-state index contributed by atoms with van der Waals surface area (Å²) in [5.41, 5.74) is 0. The van der Waals surface area contributed by atoms with Crippen LogP contribution in [0.3, 0.4) is 0 Å². The molecular weight excluding hydrogens is 404 g/mol. The Morgan fingerprint density at radius 2 is 1.73 bits per heavy atom. The summed E-state index contributed by atoms with van der Waals surface area (Å²) in [5, 5.41) is 0. The van der Waals surface area contributed by atoms with E-state index in [0.29, 0.717) is 45.6 Å².